The van der Waals surface area contributed by atoms with Gasteiger partial charge in [0.2, 0.25) is 0 Å². The summed E-state index contributed by atoms with van der Waals surface area (Å²) in [6.45, 7) is 0. The van der Waals surface area contributed by atoms with Gasteiger partial charge in [0.15, 0.2) is 9.84 Å². The third-order valence-electron chi connectivity index (χ3n) is 2.73. The molecule has 0 N–H and O–H groups in total. The van der Waals surface area contributed by atoms with Crippen LogP contribution in [-0.4, -0.2) is 44.6 Å². The Bertz CT molecular complexity index is 741. The molecule has 0 saturated heterocycles. The Labute approximate surface area is 134 Å². The van der Waals surface area contributed by atoms with Gasteiger partial charge in [-0.1, -0.05) is 0 Å². The maximum Gasteiger partial charge on any atom is 0.253 e. The first-order valence-corrected chi connectivity index (χ1v) is 8.52. The van der Waals surface area contributed by atoms with E-state index in [2.05, 4.69) is 4.98 Å². The van der Waals surface area contributed by atoms with Crippen molar-refractivity contribution in [3.05, 3.63) is 35.5 Å². The number of hydrogen-bond acceptors (Lipinski definition) is 5. The first-order chi connectivity index (χ1) is 9.30. The fourth-order valence-corrected chi connectivity index (χ4v) is 3.39. The Morgan fingerprint density at radius 3 is 2.43 bits per heavy atom. The molecule has 0 aliphatic carbocycles. The number of thiazole rings is 1. The molecular formula is C13H15ClN2O3S2. The van der Waals surface area contributed by atoms with Crippen molar-refractivity contribution >= 4 is 39.5 Å². The molecule has 1 aromatic heterocycles. The topological polar surface area (TPSA) is 67.3 Å². The standard InChI is InChI=1S/C13H14N2O3S2.ClH/c1-15(2)13(16)9-4-5-12(20(3,17)18)10(6-9)11-7-14-8-19-11;/h4-8H,1-3H3;1H. The van der Waals surface area contributed by atoms with Gasteiger partial charge >= 0.3 is 0 Å². The summed E-state index contributed by atoms with van der Waals surface area (Å²) in [5, 5.41) is 0. The predicted molar refractivity (Wildman–Crippen MR) is 85.9 cm³/mol. The van der Waals surface area contributed by atoms with Crippen LogP contribution in [0.2, 0.25) is 0 Å². The van der Waals surface area contributed by atoms with Crippen LogP contribution in [0.25, 0.3) is 10.4 Å². The van der Waals surface area contributed by atoms with Gasteiger partial charge < -0.3 is 4.90 Å². The summed E-state index contributed by atoms with van der Waals surface area (Å²) >= 11 is 1.33. The van der Waals surface area contributed by atoms with Crippen LogP contribution in [0.3, 0.4) is 0 Å². The van der Waals surface area contributed by atoms with Crippen molar-refractivity contribution < 1.29 is 13.2 Å². The highest BCUT2D eigenvalue weighted by Crippen LogP contribution is 2.31. The molecule has 2 rings (SSSR count). The molecule has 0 saturated carbocycles. The average Bonchev–Trinajstić information content (AvgIpc) is 2.89. The Morgan fingerprint density at radius 2 is 1.95 bits per heavy atom. The number of amides is 1. The number of carbonyl (C=O) groups excluding carboxylic acids is 1. The molecule has 1 aromatic carbocycles. The first-order valence-electron chi connectivity index (χ1n) is 5.75. The van der Waals surface area contributed by atoms with E-state index in [1.54, 1.807) is 31.9 Å². The summed E-state index contributed by atoms with van der Waals surface area (Å²) in [7, 11) is -0.0643. The van der Waals surface area contributed by atoms with E-state index in [4.69, 9.17) is 0 Å². The quantitative estimate of drug-likeness (QED) is 0.855. The molecule has 0 bridgehead atoms. The lowest BCUT2D eigenvalue weighted by Crippen LogP contribution is -2.21. The fraction of sp³-hybridized carbons (Fsp3) is 0.231. The monoisotopic (exact) mass is 346 g/mol. The summed E-state index contributed by atoms with van der Waals surface area (Å²) in [4.78, 5) is 18.3. The highest BCUT2D eigenvalue weighted by Gasteiger charge is 2.18. The van der Waals surface area contributed by atoms with Gasteiger partial charge in [-0.25, -0.2) is 8.42 Å². The van der Waals surface area contributed by atoms with Crippen LogP contribution in [-0.2, 0) is 9.84 Å². The van der Waals surface area contributed by atoms with Crippen LogP contribution < -0.4 is 0 Å². The van der Waals surface area contributed by atoms with Crippen LogP contribution in [0.4, 0.5) is 0 Å². The number of hydrogen-bond donors (Lipinski definition) is 0. The number of halogens is 1. The van der Waals surface area contributed by atoms with Gasteiger partial charge in [-0.2, -0.15) is 0 Å². The first kappa shape index (κ1) is 17.6. The van der Waals surface area contributed by atoms with E-state index in [9.17, 15) is 13.2 Å². The number of benzene rings is 1. The normalized spacial score (nSPS) is 10.8. The lowest BCUT2D eigenvalue weighted by atomic mass is 10.1. The van der Waals surface area contributed by atoms with E-state index in [0.717, 1.165) is 11.1 Å². The molecule has 0 aliphatic rings. The van der Waals surface area contributed by atoms with Crippen LogP contribution >= 0.6 is 23.7 Å². The smallest absolute Gasteiger partial charge is 0.253 e. The molecule has 5 nitrogen and oxygen atoms in total. The van der Waals surface area contributed by atoms with Crippen molar-refractivity contribution in [3.8, 4) is 10.4 Å². The molecule has 1 heterocycles. The van der Waals surface area contributed by atoms with Gasteiger partial charge in [-0.3, -0.25) is 9.78 Å². The van der Waals surface area contributed by atoms with Crippen molar-refractivity contribution in [1.82, 2.24) is 9.88 Å². The zero-order valence-electron chi connectivity index (χ0n) is 11.7. The van der Waals surface area contributed by atoms with E-state index in [1.807, 2.05) is 0 Å². The van der Waals surface area contributed by atoms with Gasteiger partial charge in [0.25, 0.3) is 5.91 Å². The van der Waals surface area contributed by atoms with Gasteiger partial charge in [0.05, 0.1) is 15.3 Å². The molecule has 0 unspecified atom stereocenters. The second-order valence-corrected chi connectivity index (χ2v) is 7.42. The Hall–Kier alpha value is -1.44. The SMILES string of the molecule is CN(C)C(=O)c1ccc(S(C)(=O)=O)c(-c2cncs2)c1.Cl. The molecular weight excluding hydrogens is 332 g/mol. The number of rotatable bonds is 3. The van der Waals surface area contributed by atoms with Crippen LogP contribution in [0.1, 0.15) is 10.4 Å². The average molecular weight is 347 g/mol. The van der Waals surface area contributed by atoms with E-state index in [-0.39, 0.29) is 23.2 Å². The second-order valence-electron chi connectivity index (χ2n) is 4.55. The number of aromatic nitrogens is 1. The Kier molecular flexibility index (Phi) is 5.49. The number of carbonyl (C=O) groups is 1. The molecule has 0 aliphatic heterocycles. The second kappa shape index (κ2) is 6.55. The predicted octanol–water partition coefficient (Wildman–Crippen LogP) is 2.34. The third-order valence-corrected chi connectivity index (χ3v) is 4.69. The summed E-state index contributed by atoms with van der Waals surface area (Å²) in [5.74, 6) is -0.171. The summed E-state index contributed by atoms with van der Waals surface area (Å²) in [5.41, 5.74) is 2.59. The van der Waals surface area contributed by atoms with Crippen molar-refractivity contribution in [2.75, 3.05) is 20.4 Å². The molecule has 0 radical (unpaired) electrons. The molecule has 114 valence electrons. The lowest BCUT2D eigenvalue weighted by Gasteiger charge is -2.13. The van der Waals surface area contributed by atoms with Gasteiger partial charge in [-0.15, -0.1) is 23.7 Å². The van der Waals surface area contributed by atoms with E-state index in [0.29, 0.717) is 11.1 Å². The molecule has 0 atom stereocenters. The lowest BCUT2D eigenvalue weighted by molar-refractivity contribution is 0.0827. The highest BCUT2D eigenvalue weighted by molar-refractivity contribution is 7.90. The Morgan fingerprint density at radius 1 is 1.29 bits per heavy atom. The number of sulfone groups is 1. The maximum atomic E-state index is 12.0. The summed E-state index contributed by atoms with van der Waals surface area (Å²) in [6.07, 6.45) is 2.75. The minimum Gasteiger partial charge on any atom is -0.345 e. The minimum atomic E-state index is -3.37. The van der Waals surface area contributed by atoms with E-state index >= 15 is 0 Å². The maximum absolute atomic E-state index is 12.0. The third kappa shape index (κ3) is 3.81. The van der Waals surface area contributed by atoms with E-state index < -0.39 is 9.84 Å². The zero-order chi connectivity index (χ0) is 14.9. The van der Waals surface area contributed by atoms with Gasteiger partial charge in [0.1, 0.15) is 0 Å². The van der Waals surface area contributed by atoms with Crippen LogP contribution in [0, 0.1) is 0 Å². The van der Waals surface area contributed by atoms with E-state index in [1.165, 1.54) is 28.4 Å². The zero-order valence-corrected chi connectivity index (χ0v) is 14.2. The van der Waals surface area contributed by atoms with Gasteiger partial charge in [0, 0.05) is 37.7 Å². The van der Waals surface area contributed by atoms with Crippen molar-refractivity contribution in [3.63, 3.8) is 0 Å². The van der Waals surface area contributed by atoms with Crippen molar-refractivity contribution in [2.45, 2.75) is 4.90 Å². The molecule has 2 aromatic rings. The molecule has 0 fully saturated rings. The largest absolute Gasteiger partial charge is 0.345 e. The highest BCUT2D eigenvalue weighted by atomic mass is 35.5. The number of nitrogens with zero attached hydrogens (tertiary/aromatic N) is 2. The minimum absolute atomic E-state index is 0. The van der Waals surface area contributed by atoms with Crippen LogP contribution in [0.5, 0.6) is 0 Å². The summed E-state index contributed by atoms with van der Waals surface area (Å²) < 4.78 is 23.7. The summed E-state index contributed by atoms with van der Waals surface area (Å²) in [6, 6.07) is 4.61. The fourth-order valence-electron chi connectivity index (χ4n) is 1.79. The Balaban J connectivity index is 0.00000220. The van der Waals surface area contributed by atoms with Crippen molar-refractivity contribution in [1.29, 1.82) is 0 Å². The molecule has 0 spiro atoms. The molecule has 21 heavy (non-hydrogen) atoms. The van der Waals surface area contributed by atoms with Crippen LogP contribution in [0.15, 0.2) is 34.8 Å². The van der Waals surface area contributed by atoms with Gasteiger partial charge in [-0.05, 0) is 18.2 Å². The van der Waals surface area contributed by atoms with Crippen molar-refractivity contribution in [2.24, 2.45) is 0 Å². The molecule has 1 amide bonds. The molecule has 8 heteroatoms.